The molecule has 1 fully saturated rings. The number of unbranched alkanes of at least 4 members (excludes halogenated alkanes) is 2. The predicted octanol–water partition coefficient (Wildman–Crippen LogP) is 2.23. The highest BCUT2D eigenvalue weighted by molar-refractivity contribution is 4.99. The summed E-state index contributed by atoms with van der Waals surface area (Å²) >= 11 is 0. The minimum absolute atomic E-state index is 0.182. The maximum atomic E-state index is 12.1. The van der Waals surface area contributed by atoms with Gasteiger partial charge in [0.25, 0.3) is 0 Å². The third-order valence-corrected chi connectivity index (χ3v) is 3.92. The number of nitrogens with zero attached hydrogens (tertiary/aromatic N) is 3. The van der Waals surface area contributed by atoms with E-state index >= 15 is 0 Å². The van der Waals surface area contributed by atoms with Gasteiger partial charge in [-0.25, -0.2) is 4.98 Å². The van der Waals surface area contributed by atoms with E-state index in [9.17, 15) is 4.39 Å². The summed E-state index contributed by atoms with van der Waals surface area (Å²) in [4.78, 5) is 12.6. The summed E-state index contributed by atoms with van der Waals surface area (Å²) in [5, 5.41) is 0. The predicted molar refractivity (Wildman–Crippen MR) is 74.8 cm³/mol. The Morgan fingerprint density at radius 2 is 2.26 bits per heavy atom. The van der Waals surface area contributed by atoms with Gasteiger partial charge in [-0.2, -0.15) is 0 Å². The van der Waals surface area contributed by atoms with Crippen LogP contribution in [0.15, 0.2) is 12.4 Å². The van der Waals surface area contributed by atoms with Gasteiger partial charge in [-0.1, -0.05) is 6.92 Å². The fraction of sp³-hybridized carbons (Fsp3) is 0.786. The molecule has 108 valence electrons. The van der Waals surface area contributed by atoms with Gasteiger partial charge >= 0.3 is 0 Å². The van der Waals surface area contributed by atoms with Crippen LogP contribution in [0.1, 0.15) is 38.1 Å². The molecule has 0 amide bonds. The molecule has 1 aliphatic rings. The lowest BCUT2D eigenvalue weighted by molar-refractivity contribution is 0.0730. The van der Waals surface area contributed by atoms with Crippen molar-refractivity contribution in [2.75, 3.05) is 39.4 Å². The van der Waals surface area contributed by atoms with Crippen molar-refractivity contribution < 1.29 is 4.39 Å². The third kappa shape index (κ3) is 4.01. The van der Waals surface area contributed by atoms with Crippen molar-refractivity contribution in [1.82, 2.24) is 19.8 Å². The van der Waals surface area contributed by atoms with E-state index < -0.39 is 0 Å². The highest BCUT2D eigenvalue weighted by atomic mass is 19.1. The number of nitrogens with one attached hydrogen (secondary N) is 1. The number of aromatic nitrogens is 2. The van der Waals surface area contributed by atoms with Gasteiger partial charge in [0.2, 0.25) is 0 Å². The summed E-state index contributed by atoms with van der Waals surface area (Å²) < 4.78 is 12.1. The van der Waals surface area contributed by atoms with E-state index in [0.29, 0.717) is 12.5 Å². The van der Waals surface area contributed by atoms with Crippen LogP contribution in [0, 0.1) is 0 Å². The van der Waals surface area contributed by atoms with Crippen LogP contribution in [0.3, 0.4) is 0 Å². The molecule has 1 aromatic rings. The second kappa shape index (κ2) is 7.60. The number of alkyl halides is 1. The van der Waals surface area contributed by atoms with Crippen LogP contribution >= 0.6 is 0 Å². The Morgan fingerprint density at radius 1 is 1.37 bits per heavy atom. The van der Waals surface area contributed by atoms with Gasteiger partial charge in [0.1, 0.15) is 5.82 Å². The van der Waals surface area contributed by atoms with Crippen LogP contribution in [-0.4, -0.2) is 59.2 Å². The summed E-state index contributed by atoms with van der Waals surface area (Å²) in [6, 6.07) is 0.370. The van der Waals surface area contributed by atoms with E-state index in [1.165, 1.54) is 0 Å². The van der Waals surface area contributed by atoms with Gasteiger partial charge < -0.3 is 9.88 Å². The molecule has 1 aliphatic heterocycles. The van der Waals surface area contributed by atoms with Crippen LogP contribution in [0.5, 0.6) is 0 Å². The maximum Gasteiger partial charge on any atom is 0.124 e. The van der Waals surface area contributed by atoms with Gasteiger partial charge in [-0.15, -0.1) is 0 Å². The molecule has 0 aliphatic carbocycles. The second-order valence-corrected chi connectivity index (χ2v) is 5.17. The molecule has 5 heteroatoms. The number of hydrogen-bond acceptors (Lipinski definition) is 3. The standard InChI is InChI=1S/C14H25FN4/c1-2-19-11-10-18(9-5-3-4-6-15)12-13(19)14-16-7-8-17-14/h7-8,13H,2-6,9-12H2,1H3,(H,16,17). The summed E-state index contributed by atoms with van der Waals surface area (Å²) in [5.41, 5.74) is 0. The first-order valence-electron chi connectivity index (χ1n) is 7.36. The van der Waals surface area contributed by atoms with E-state index in [0.717, 1.165) is 51.4 Å². The first kappa shape index (κ1) is 14.5. The molecule has 0 radical (unpaired) electrons. The molecular weight excluding hydrogens is 243 g/mol. The number of likely N-dealkylation sites (N-methyl/N-ethyl adjacent to an activating group) is 1. The zero-order chi connectivity index (χ0) is 13.5. The zero-order valence-electron chi connectivity index (χ0n) is 11.8. The van der Waals surface area contributed by atoms with Gasteiger partial charge in [-0.3, -0.25) is 9.29 Å². The first-order chi connectivity index (χ1) is 9.35. The second-order valence-electron chi connectivity index (χ2n) is 5.17. The monoisotopic (exact) mass is 268 g/mol. The fourth-order valence-corrected chi connectivity index (χ4v) is 2.78. The van der Waals surface area contributed by atoms with Gasteiger partial charge in [0.05, 0.1) is 12.7 Å². The molecule has 0 saturated carbocycles. The number of aromatic amines is 1. The van der Waals surface area contributed by atoms with Crippen LogP contribution in [0.2, 0.25) is 0 Å². The van der Waals surface area contributed by atoms with Crippen molar-refractivity contribution in [3.8, 4) is 0 Å². The van der Waals surface area contributed by atoms with Crippen LogP contribution in [0.25, 0.3) is 0 Å². The highest BCUT2D eigenvalue weighted by Crippen LogP contribution is 2.22. The summed E-state index contributed by atoms with van der Waals surface area (Å²) in [6.45, 7) is 7.38. The normalized spacial score (nSPS) is 21.9. The summed E-state index contributed by atoms with van der Waals surface area (Å²) in [6.07, 6.45) is 6.51. The quantitative estimate of drug-likeness (QED) is 0.770. The Hall–Kier alpha value is -0.940. The average molecular weight is 268 g/mol. The molecule has 0 aromatic carbocycles. The van der Waals surface area contributed by atoms with Gasteiger partial charge in [-0.05, 0) is 32.4 Å². The minimum Gasteiger partial charge on any atom is -0.347 e. The summed E-state index contributed by atoms with van der Waals surface area (Å²) in [7, 11) is 0. The number of H-pyrrole nitrogens is 1. The number of piperazine rings is 1. The minimum atomic E-state index is -0.182. The van der Waals surface area contributed by atoms with E-state index in [2.05, 4.69) is 26.7 Å². The molecule has 1 N–H and O–H groups in total. The molecule has 0 bridgehead atoms. The molecule has 2 rings (SSSR count). The Labute approximate surface area is 115 Å². The number of hydrogen-bond donors (Lipinski definition) is 1. The van der Waals surface area contributed by atoms with Crippen molar-refractivity contribution in [3.63, 3.8) is 0 Å². The smallest absolute Gasteiger partial charge is 0.124 e. The molecule has 19 heavy (non-hydrogen) atoms. The largest absolute Gasteiger partial charge is 0.347 e. The Morgan fingerprint density at radius 3 is 2.95 bits per heavy atom. The third-order valence-electron chi connectivity index (χ3n) is 3.92. The number of halogens is 1. The van der Waals surface area contributed by atoms with E-state index in [-0.39, 0.29) is 6.67 Å². The molecular formula is C14H25FN4. The van der Waals surface area contributed by atoms with Gasteiger partial charge in [0, 0.05) is 32.0 Å². The molecule has 1 saturated heterocycles. The average Bonchev–Trinajstić information content (AvgIpc) is 2.97. The topological polar surface area (TPSA) is 35.2 Å². The molecule has 1 unspecified atom stereocenters. The van der Waals surface area contributed by atoms with E-state index in [1.807, 2.05) is 12.4 Å². The molecule has 4 nitrogen and oxygen atoms in total. The fourth-order valence-electron chi connectivity index (χ4n) is 2.78. The molecule has 1 aromatic heterocycles. The zero-order valence-corrected chi connectivity index (χ0v) is 11.8. The van der Waals surface area contributed by atoms with Crippen LogP contribution in [0.4, 0.5) is 4.39 Å². The summed E-state index contributed by atoms with van der Waals surface area (Å²) in [5.74, 6) is 1.07. The van der Waals surface area contributed by atoms with Crippen molar-refractivity contribution in [3.05, 3.63) is 18.2 Å². The number of imidazole rings is 1. The number of rotatable bonds is 7. The lowest BCUT2D eigenvalue weighted by Crippen LogP contribution is -2.48. The first-order valence-corrected chi connectivity index (χ1v) is 7.36. The Kier molecular flexibility index (Phi) is 5.79. The lowest BCUT2D eigenvalue weighted by Gasteiger charge is -2.40. The lowest BCUT2D eigenvalue weighted by atomic mass is 10.1. The molecule has 0 spiro atoms. The van der Waals surface area contributed by atoms with Crippen LogP contribution in [-0.2, 0) is 0 Å². The SMILES string of the molecule is CCN1CCN(CCCCCF)CC1c1ncc[nH]1. The maximum absolute atomic E-state index is 12.1. The molecule has 2 heterocycles. The van der Waals surface area contributed by atoms with Gasteiger partial charge in [0.15, 0.2) is 0 Å². The van der Waals surface area contributed by atoms with Crippen molar-refractivity contribution in [2.24, 2.45) is 0 Å². The highest BCUT2D eigenvalue weighted by Gasteiger charge is 2.28. The molecule has 1 atom stereocenters. The van der Waals surface area contributed by atoms with E-state index in [4.69, 9.17) is 0 Å². The van der Waals surface area contributed by atoms with E-state index in [1.54, 1.807) is 0 Å². The Bertz CT molecular complexity index is 341. The van der Waals surface area contributed by atoms with Crippen molar-refractivity contribution in [1.29, 1.82) is 0 Å². The Balaban J connectivity index is 1.85. The van der Waals surface area contributed by atoms with Crippen molar-refractivity contribution in [2.45, 2.75) is 32.2 Å². The van der Waals surface area contributed by atoms with Crippen molar-refractivity contribution >= 4 is 0 Å². The van der Waals surface area contributed by atoms with Crippen LogP contribution < -0.4 is 0 Å².